The molecule has 3 rings (SSSR count). The topological polar surface area (TPSA) is 236 Å². The van der Waals surface area contributed by atoms with Gasteiger partial charge in [-0.15, -0.1) is 0 Å². The van der Waals surface area contributed by atoms with Crippen LogP contribution in [0.2, 0.25) is 0 Å². The van der Waals surface area contributed by atoms with Crippen LogP contribution in [0.3, 0.4) is 0 Å². The van der Waals surface area contributed by atoms with E-state index in [-0.39, 0.29) is 21.9 Å². The lowest BCUT2D eigenvalue weighted by molar-refractivity contribution is -0.660. The number of allylic oxidation sites excluding steroid dienone is 2. The molecule has 2 heterocycles. The summed E-state index contributed by atoms with van der Waals surface area (Å²) >= 11 is 0. The first kappa shape index (κ1) is 21.3. The number of nitrogens with two attached hydrogens (primary N) is 1. The maximum absolute atomic E-state index is 10.1. The predicted octanol–water partition coefficient (Wildman–Crippen LogP) is -4.11. The van der Waals surface area contributed by atoms with E-state index in [0.717, 1.165) is 6.08 Å². The van der Waals surface area contributed by atoms with E-state index in [1.54, 1.807) is 24.3 Å². The van der Waals surface area contributed by atoms with Crippen LogP contribution in [-0.2, 0) is 4.74 Å². The van der Waals surface area contributed by atoms with Crippen molar-refractivity contribution in [2.45, 2.75) is 29.9 Å². The quantitative estimate of drug-likeness (QED) is 0.129. The molecule has 1 unspecified atom stereocenters. The molecule has 1 aromatic carbocycles. The van der Waals surface area contributed by atoms with E-state index in [9.17, 15) is 40.9 Å². The Bertz CT molecular complexity index is 868. The highest BCUT2D eigenvalue weighted by Gasteiger charge is 2.75. The van der Waals surface area contributed by atoms with E-state index >= 15 is 0 Å². The molecular weight excluding hydrogens is 392 g/mol. The molecule has 0 saturated carbocycles. The highest BCUT2D eigenvalue weighted by Crippen LogP contribution is 2.42. The normalized spacial score (nSPS) is 27.0. The Labute approximate surface area is 162 Å². The van der Waals surface area contributed by atoms with E-state index < -0.39 is 29.9 Å². The highest BCUT2D eigenvalue weighted by molar-refractivity contribution is 6.15. The summed E-state index contributed by atoms with van der Waals surface area (Å²) in [7, 11) is 0. The summed E-state index contributed by atoms with van der Waals surface area (Å²) in [5.74, 6) is -16.1. The van der Waals surface area contributed by atoms with Crippen molar-refractivity contribution in [1.82, 2.24) is 10.2 Å². The number of aliphatic hydroxyl groups is 8. The first-order valence-corrected chi connectivity index (χ1v) is 8.09. The second kappa shape index (κ2) is 6.54. The van der Waals surface area contributed by atoms with Gasteiger partial charge in [-0.25, -0.2) is 0 Å². The number of morpholine rings is 1. The van der Waals surface area contributed by atoms with E-state index in [4.69, 9.17) is 11.1 Å². The third kappa shape index (κ3) is 3.21. The number of hydrogen-bond donors (Lipinski definition) is 11. The van der Waals surface area contributed by atoms with Crippen LogP contribution in [-0.4, -0.2) is 81.4 Å². The zero-order valence-corrected chi connectivity index (χ0v) is 14.6. The number of rotatable bonds is 3. The number of ether oxygens (including phenoxy) is 1. The fraction of sp³-hybridized carbons (Fsp3) is 0.312. The van der Waals surface area contributed by atoms with Gasteiger partial charge in [0.05, 0.1) is 5.71 Å². The summed E-state index contributed by atoms with van der Waals surface area (Å²) in [6, 6.07) is 6.37. The molecule has 1 aromatic rings. The zero-order chi connectivity index (χ0) is 21.8. The molecule has 0 aromatic heterocycles. The second-order valence-corrected chi connectivity index (χ2v) is 6.49. The number of dihydropyridines is 1. The molecule has 1 atom stereocenters. The molecule has 0 spiro atoms. The maximum atomic E-state index is 10.1. The lowest BCUT2D eigenvalue weighted by Gasteiger charge is -2.56. The van der Waals surface area contributed by atoms with Crippen molar-refractivity contribution in [1.29, 1.82) is 5.41 Å². The molecule has 0 radical (unpaired) electrons. The Kier molecular flexibility index (Phi) is 4.80. The van der Waals surface area contributed by atoms with E-state index in [2.05, 4.69) is 10.1 Å². The lowest BCUT2D eigenvalue weighted by Crippen LogP contribution is -2.86. The fourth-order valence-electron chi connectivity index (χ4n) is 2.96. The molecule has 13 nitrogen and oxygen atoms in total. The van der Waals surface area contributed by atoms with Crippen molar-refractivity contribution in [2.24, 2.45) is 0 Å². The largest absolute Gasteiger partial charge is 0.398 e. The monoisotopic (exact) mass is 412 g/mol. The molecule has 1 saturated heterocycles. The van der Waals surface area contributed by atoms with Crippen LogP contribution in [0.1, 0.15) is 5.56 Å². The van der Waals surface area contributed by atoms with Crippen LogP contribution >= 0.6 is 0 Å². The number of nitrogens with zero attached hydrogens (tertiary/aromatic N) is 1. The van der Waals surface area contributed by atoms with E-state index in [0.29, 0.717) is 5.56 Å². The minimum Gasteiger partial charge on any atom is -0.398 e. The first-order chi connectivity index (χ1) is 13.2. The van der Waals surface area contributed by atoms with Crippen molar-refractivity contribution in [3.05, 3.63) is 53.8 Å². The van der Waals surface area contributed by atoms with Crippen molar-refractivity contribution < 1.29 is 45.6 Å². The Morgan fingerprint density at radius 3 is 2.10 bits per heavy atom. The SMILES string of the molecule is N=C(C1=CC(N2C(O)(O)C(O)(O)OC(O)(O)C2(O)O)NC=C1)c1ccccc1N. The number of hydrogen-bond acceptors (Lipinski definition) is 13. The average molecular weight is 412 g/mol. The molecular formula is C16H20N4O9. The number of para-hydroxylation sites is 1. The van der Waals surface area contributed by atoms with E-state index in [1.807, 2.05) is 0 Å². The van der Waals surface area contributed by atoms with Gasteiger partial charge in [-0.2, -0.15) is 4.90 Å². The van der Waals surface area contributed by atoms with Gasteiger partial charge in [-0.3, -0.25) is 10.1 Å². The maximum Gasteiger partial charge on any atom is 0.356 e. The molecule has 13 heteroatoms. The van der Waals surface area contributed by atoms with Crippen molar-refractivity contribution in [3.8, 4) is 0 Å². The third-order valence-electron chi connectivity index (χ3n) is 4.49. The molecule has 2 aliphatic rings. The number of anilines is 1. The molecule has 0 aliphatic carbocycles. The molecule has 1 fully saturated rings. The van der Waals surface area contributed by atoms with Gasteiger partial charge in [-0.05, 0) is 24.4 Å². The van der Waals surface area contributed by atoms with Gasteiger partial charge in [0.15, 0.2) is 0 Å². The van der Waals surface area contributed by atoms with Crippen LogP contribution in [0, 0.1) is 5.41 Å². The minimum atomic E-state index is -4.07. The number of nitrogens with one attached hydrogen (secondary N) is 2. The summed E-state index contributed by atoms with van der Waals surface area (Å²) in [5.41, 5.74) is 6.36. The van der Waals surface area contributed by atoms with Gasteiger partial charge in [0.2, 0.25) is 0 Å². The minimum absolute atomic E-state index is 0.0905. The van der Waals surface area contributed by atoms with Gasteiger partial charge < -0.3 is 51.9 Å². The predicted molar refractivity (Wildman–Crippen MR) is 93.4 cm³/mol. The van der Waals surface area contributed by atoms with Crippen LogP contribution < -0.4 is 11.1 Å². The second-order valence-electron chi connectivity index (χ2n) is 6.49. The molecule has 0 bridgehead atoms. The van der Waals surface area contributed by atoms with Gasteiger partial charge in [0.25, 0.3) is 0 Å². The Morgan fingerprint density at radius 1 is 1.00 bits per heavy atom. The summed E-state index contributed by atoms with van der Waals surface area (Å²) in [6.07, 6.45) is 1.87. The van der Waals surface area contributed by atoms with Crippen molar-refractivity contribution >= 4 is 11.4 Å². The van der Waals surface area contributed by atoms with Gasteiger partial charge in [0, 0.05) is 16.8 Å². The first-order valence-electron chi connectivity index (χ1n) is 8.09. The van der Waals surface area contributed by atoms with Crippen LogP contribution in [0.5, 0.6) is 0 Å². The van der Waals surface area contributed by atoms with Crippen molar-refractivity contribution in [3.63, 3.8) is 0 Å². The van der Waals surface area contributed by atoms with Crippen LogP contribution in [0.25, 0.3) is 0 Å². The molecule has 158 valence electrons. The molecule has 2 aliphatic heterocycles. The van der Waals surface area contributed by atoms with Crippen molar-refractivity contribution in [2.75, 3.05) is 5.73 Å². The van der Waals surface area contributed by atoms with E-state index in [1.165, 1.54) is 12.3 Å². The number of benzene rings is 1. The Hall–Kier alpha value is -2.43. The van der Waals surface area contributed by atoms with Crippen LogP contribution in [0.4, 0.5) is 5.69 Å². The average Bonchev–Trinajstić information content (AvgIpc) is 2.59. The molecule has 12 N–H and O–H groups in total. The summed E-state index contributed by atoms with van der Waals surface area (Å²) in [4.78, 5) is -0.283. The lowest BCUT2D eigenvalue weighted by atomic mass is 9.98. The third-order valence-corrected chi connectivity index (χ3v) is 4.49. The fourth-order valence-corrected chi connectivity index (χ4v) is 2.96. The molecule has 0 amide bonds. The van der Waals surface area contributed by atoms with Gasteiger partial charge in [0.1, 0.15) is 6.17 Å². The standard InChI is InChI=1S/C16H20N4O9/c17-10-4-2-1-3-9(10)12(18)8-5-6-19-11(7-8)20-13(21,22)15(25,26)29-16(27,28)14(20,23)24/h1-7,11,18-19,21-28H,17H2. The zero-order valence-electron chi connectivity index (χ0n) is 14.6. The van der Waals surface area contributed by atoms with Gasteiger partial charge >= 0.3 is 23.8 Å². The Morgan fingerprint density at radius 2 is 1.55 bits per heavy atom. The summed E-state index contributed by atoms with van der Waals surface area (Å²) < 4.78 is 3.83. The number of nitrogen functional groups attached to an aromatic ring is 1. The highest BCUT2D eigenvalue weighted by atomic mass is 16.9. The smallest absolute Gasteiger partial charge is 0.356 e. The summed E-state index contributed by atoms with van der Waals surface area (Å²) in [5, 5.41) is 89.9. The summed E-state index contributed by atoms with van der Waals surface area (Å²) in [6.45, 7) is 0. The van der Waals surface area contributed by atoms with Crippen LogP contribution in [0.15, 0.2) is 48.2 Å². The molecule has 29 heavy (non-hydrogen) atoms. The Balaban J connectivity index is 2.05. The van der Waals surface area contributed by atoms with Gasteiger partial charge in [-0.1, -0.05) is 18.2 Å².